The van der Waals surface area contributed by atoms with E-state index in [0.717, 1.165) is 38.4 Å². The second-order valence-electron chi connectivity index (χ2n) is 6.99. The smallest absolute Gasteiger partial charge is 0.193 e. The summed E-state index contributed by atoms with van der Waals surface area (Å²) in [5, 5.41) is 15.5. The predicted molar refractivity (Wildman–Crippen MR) is 101 cm³/mol. The average molecular weight is 351 g/mol. The molecule has 0 radical (unpaired) electrons. The first kappa shape index (κ1) is 17.7. The minimum atomic E-state index is -0.144. The third kappa shape index (κ3) is 4.10. The van der Waals surface area contributed by atoms with Crippen molar-refractivity contribution in [3.05, 3.63) is 22.4 Å². The first-order valence-electron chi connectivity index (χ1n) is 9.06. The van der Waals surface area contributed by atoms with Gasteiger partial charge < -0.3 is 15.3 Å². The highest BCUT2D eigenvalue weighted by Gasteiger charge is 2.31. The van der Waals surface area contributed by atoms with Gasteiger partial charge in [-0.05, 0) is 56.6 Å². The zero-order valence-corrected chi connectivity index (χ0v) is 15.6. The van der Waals surface area contributed by atoms with Gasteiger partial charge in [0, 0.05) is 37.6 Å². The third-order valence-electron chi connectivity index (χ3n) is 5.34. The van der Waals surface area contributed by atoms with Crippen molar-refractivity contribution in [2.75, 3.05) is 40.3 Å². The first-order chi connectivity index (χ1) is 11.7. The van der Waals surface area contributed by atoms with Gasteiger partial charge in [0.1, 0.15) is 0 Å². The molecule has 0 aromatic carbocycles. The SMILES string of the molecule is CN=C(NCC1CCCN(C)C1c1cccs1)N1CCC(O)CC1. The van der Waals surface area contributed by atoms with Crippen LogP contribution in [-0.4, -0.2) is 67.2 Å². The molecule has 3 rings (SSSR count). The summed E-state index contributed by atoms with van der Waals surface area (Å²) in [6, 6.07) is 4.93. The van der Waals surface area contributed by atoms with Crippen molar-refractivity contribution >= 4 is 17.3 Å². The number of guanidine groups is 1. The Morgan fingerprint density at radius 3 is 2.79 bits per heavy atom. The number of piperidine rings is 2. The van der Waals surface area contributed by atoms with E-state index in [1.54, 1.807) is 0 Å². The molecule has 0 bridgehead atoms. The Labute approximate surface area is 149 Å². The molecule has 2 N–H and O–H groups in total. The molecule has 0 aliphatic carbocycles. The summed E-state index contributed by atoms with van der Waals surface area (Å²) in [5.41, 5.74) is 0. The Bertz CT molecular complexity index is 525. The molecule has 134 valence electrons. The first-order valence-corrected chi connectivity index (χ1v) is 9.94. The summed E-state index contributed by atoms with van der Waals surface area (Å²) in [5.74, 6) is 1.59. The zero-order valence-electron chi connectivity index (χ0n) is 14.8. The fourth-order valence-corrected chi connectivity index (χ4v) is 5.00. The molecule has 2 fully saturated rings. The summed E-state index contributed by atoms with van der Waals surface area (Å²) in [6.45, 7) is 3.91. The van der Waals surface area contributed by atoms with Crippen LogP contribution < -0.4 is 5.32 Å². The summed E-state index contributed by atoms with van der Waals surface area (Å²) in [7, 11) is 4.11. The quantitative estimate of drug-likeness (QED) is 0.648. The molecular weight excluding hydrogens is 320 g/mol. The van der Waals surface area contributed by atoms with Crippen LogP contribution in [0.4, 0.5) is 0 Å². The van der Waals surface area contributed by atoms with Crippen molar-refractivity contribution in [2.24, 2.45) is 10.9 Å². The van der Waals surface area contributed by atoms with Crippen molar-refractivity contribution < 1.29 is 5.11 Å². The molecule has 2 unspecified atom stereocenters. The normalized spacial score (nSPS) is 27.5. The Kier molecular flexibility index (Phi) is 6.14. The van der Waals surface area contributed by atoms with Gasteiger partial charge in [0.2, 0.25) is 0 Å². The molecule has 1 aromatic heterocycles. The lowest BCUT2D eigenvalue weighted by atomic mass is 9.88. The molecule has 2 atom stereocenters. The molecule has 6 heteroatoms. The predicted octanol–water partition coefficient (Wildman–Crippen LogP) is 2.16. The Balaban J connectivity index is 1.61. The molecule has 24 heavy (non-hydrogen) atoms. The number of nitrogens with zero attached hydrogens (tertiary/aromatic N) is 3. The fourth-order valence-electron chi connectivity index (χ4n) is 4.01. The number of aliphatic hydroxyl groups excluding tert-OH is 1. The van der Waals surface area contributed by atoms with E-state index in [9.17, 15) is 5.11 Å². The highest BCUT2D eigenvalue weighted by atomic mass is 32.1. The maximum absolute atomic E-state index is 9.69. The van der Waals surface area contributed by atoms with Crippen molar-refractivity contribution in [1.82, 2.24) is 15.1 Å². The zero-order chi connectivity index (χ0) is 16.9. The second-order valence-corrected chi connectivity index (χ2v) is 7.97. The number of likely N-dealkylation sites (tertiary alicyclic amines) is 2. The number of hydrogen-bond donors (Lipinski definition) is 2. The van der Waals surface area contributed by atoms with Gasteiger partial charge in [-0.2, -0.15) is 0 Å². The summed E-state index contributed by atoms with van der Waals surface area (Å²) in [4.78, 5) is 10.7. The lowest BCUT2D eigenvalue weighted by Crippen LogP contribution is -2.49. The van der Waals surface area contributed by atoms with Crippen molar-refractivity contribution in [2.45, 2.75) is 37.8 Å². The minimum absolute atomic E-state index is 0.144. The van der Waals surface area contributed by atoms with Gasteiger partial charge in [0.05, 0.1) is 6.10 Å². The monoisotopic (exact) mass is 350 g/mol. The van der Waals surface area contributed by atoms with Crippen molar-refractivity contribution in [3.8, 4) is 0 Å². The van der Waals surface area contributed by atoms with Crippen LogP contribution in [0, 0.1) is 5.92 Å². The van der Waals surface area contributed by atoms with E-state index in [1.165, 1.54) is 24.3 Å². The highest BCUT2D eigenvalue weighted by Crippen LogP contribution is 2.36. The van der Waals surface area contributed by atoms with Crippen molar-refractivity contribution in [3.63, 3.8) is 0 Å². The maximum Gasteiger partial charge on any atom is 0.193 e. The van der Waals surface area contributed by atoms with Crippen LogP contribution in [0.15, 0.2) is 22.5 Å². The van der Waals surface area contributed by atoms with Gasteiger partial charge >= 0.3 is 0 Å². The molecule has 1 aromatic rings. The second kappa shape index (κ2) is 8.32. The van der Waals surface area contributed by atoms with E-state index in [4.69, 9.17) is 0 Å². The van der Waals surface area contributed by atoms with E-state index >= 15 is 0 Å². The van der Waals surface area contributed by atoms with Gasteiger partial charge in [-0.1, -0.05) is 6.07 Å². The number of aliphatic hydroxyl groups is 1. The molecule has 2 saturated heterocycles. The lowest BCUT2D eigenvalue weighted by molar-refractivity contribution is 0.106. The minimum Gasteiger partial charge on any atom is -0.393 e. The Morgan fingerprint density at radius 1 is 1.33 bits per heavy atom. The molecule has 2 aliphatic rings. The largest absolute Gasteiger partial charge is 0.393 e. The number of nitrogens with one attached hydrogen (secondary N) is 1. The van der Waals surface area contributed by atoms with Crippen LogP contribution in [0.2, 0.25) is 0 Å². The topological polar surface area (TPSA) is 51.1 Å². The molecule has 5 nitrogen and oxygen atoms in total. The summed E-state index contributed by atoms with van der Waals surface area (Å²) in [6.07, 6.45) is 4.05. The van der Waals surface area contributed by atoms with Crippen LogP contribution in [0.25, 0.3) is 0 Å². The van der Waals surface area contributed by atoms with Crippen molar-refractivity contribution in [1.29, 1.82) is 0 Å². The van der Waals surface area contributed by atoms with Gasteiger partial charge in [-0.15, -0.1) is 11.3 Å². The molecule has 2 aliphatic heterocycles. The fraction of sp³-hybridized carbons (Fsp3) is 0.722. The summed E-state index contributed by atoms with van der Waals surface area (Å²) < 4.78 is 0. The van der Waals surface area contributed by atoms with E-state index in [0.29, 0.717) is 12.0 Å². The molecular formula is C18H30N4OS. The van der Waals surface area contributed by atoms with Crippen LogP contribution in [-0.2, 0) is 0 Å². The van der Waals surface area contributed by atoms with E-state index in [1.807, 2.05) is 18.4 Å². The number of aliphatic imine (C=N–C) groups is 1. The molecule has 3 heterocycles. The number of hydrogen-bond acceptors (Lipinski definition) is 4. The van der Waals surface area contributed by atoms with Gasteiger partial charge in [0.15, 0.2) is 5.96 Å². The van der Waals surface area contributed by atoms with Gasteiger partial charge in [-0.25, -0.2) is 0 Å². The lowest BCUT2D eigenvalue weighted by Gasteiger charge is -2.40. The van der Waals surface area contributed by atoms with Gasteiger partial charge in [-0.3, -0.25) is 9.89 Å². The van der Waals surface area contributed by atoms with Crippen LogP contribution in [0.1, 0.15) is 36.6 Å². The molecule has 0 saturated carbocycles. The Morgan fingerprint density at radius 2 is 2.12 bits per heavy atom. The van der Waals surface area contributed by atoms with Crippen LogP contribution in [0.3, 0.4) is 0 Å². The van der Waals surface area contributed by atoms with E-state index in [-0.39, 0.29) is 6.10 Å². The molecule has 0 spiro atoms. The van der Waals surface area contributed by atoms with Crippen LogP contribution >= 0.6 is 11.3 Å². The number of rotatable bonds is 3. The highest BCUT2D eigenvalue weighted by molar-refractivity contribution is 7.10. The molecule has 0 amide bonds. The maximum atomic E-state index is 9.69. The number of thiophene rings is 1. The van der Waals surface area contributed by atoms with E-state index < -0.39 is 0 Å². The average Bonchev–Trinajstić information content (AvgIpc) is 3.11. The van der Waals surface area contributed by atoms with Gasteiger partial charge in [0.25, 0.3) is 0 Å². The third-order valence-corrected chi connectivity index (χ3v) is 6.28. The van der Waals surface area contributed by atoms with E-state index in [2.05, 4.69) is 44.7 Å². The standard InChI is InChI=1S/C18H30N4OS/c1-19-18(22-10-7-15(23)8-11-22)20-13-14-5-3-9-21(2)17(14)16-6-4-12-24-16/h4,6,12,14-15,17,23H,3,5,7-11,13H2,1-2H3,(H,19,20). The Hall–Kier alpha value is -1.11. The summed E-state index contributed by atoms with van der Waals surface area (Å²) >= 11 is 1.87. The van der Waals surface area contributed by atoms with Crippen LogP contribution in [0.5, 0.6) is 0 Å².